The lowest BCUT2D eigenvalue weighted by Crippen LogP contribution is -2.24. The fourth-order valence-electron chi connectivity index (χ4n) is 2.33. The van der Waals surface area contributed by atoms with Gasteiger partial charge in [-0.2, -0.15) is 5.10 Å². The zero-order valence-electron chi connectivity index (χ0n) is 14.7. The second-order valence-electron chi connectivity index (χ2n) is 5.66. The molecule has 2 aromatic carbocycles. The Balaban J connectivity index is 1.57. The molecule has 0 saturated heterocycles. The van der Waals surface area contributed by atoms with Gasteiger partial charge in [-0.15, -0.1) is 0 Å². The van der Waals surface area contributed by atoms with Crippen LogP contribution in [0.2, 0.25) is 0 Å². The van der Waals surface area contributed by atoms with Crippen LogP contribution in [0.15, 0.2) is 73.1 Å². The lowest BCUT2D eigenvalue weighted by Gasteiger charge is -2.06. The summed E-state index contributed by atoms with van der Waals surface area (Å²) in [7, 11) is 1.54. The fourth-order valence-corrected chi connectivity index (χ4v) is 2.33. The van der Waals surface area contributed by atoms with E-state index >= 15 is 0 Å². The Bertz CT molecular complexity index is 946. The fraction of sp³-hybridized carbons (Fsp3) is 0.0500. The van der Waals surface area contributed by atoms with Crippen LogP contribution in [-0.2, 0) is 4.79 Å². The number of nitrogens with zero attached hydrogens (tertiary/aromatic N) is 2. The van der Waals surface area contributed by atoms with Gasteiger partial charge in [0, 0.05) is 36.3 Å². The van der Waals surface area contributed by atoms with Crippen LogP contribution in [0.3, 0.4) is 0 Å². The van der Waals surface area contributed by atoms with Crippen LogP contribution >= 0.6 is 0 Å². The summed E-state index contributed by atoms with van der Waals surface area (Å²) < 4.78 is 1.75. The first-order chi connectivity index (χ1) is 13.1. The first-order valence-corrected chi connectivity index (χ1v) is 8.32. The van der Waals surface area contributed by atoms with Crippen molar-refractivity contribution in [1.82, 2.24) is 15.1 Å². The predicted octanol–water partition coefficient (Wildman–Crippen LogP) is 3.28. The van der Waals surface area contributed by atoms with E-state index in [0.717, 1.165) is 11.3 Å². The van der Waals surface area contributed by atoms with E-state index in [-0.39, 0.29) is 11.9 Å². The molecule has 27 heavy (non-hydrogen) atoms. The Hall–Kier alpha value is -3.87. The largest absolute Gasteiger partial charge is 0.341 e. The third-order valence-corrected chi connectivity index (χ3v) is 3.69. The quantitative estimate of drug-likeness (QED) is 0.610. The molecule has 0 saturated carbocycles. The maximum atomic E-state index is 12.1. The minimum atomic E-state index is -0.300. The lowest BCUT2D eigenvalue weighted by molar-refractivity contribution is -0.111. The van der Waals surface area contributed by atoms with Crippen LogP contribution < -0.4 is 16.0 Å². The van der Waals surface area contributed by atoms with Crippen LogP contribution in [0, 0.1) is 0 Å². The van der Waals surface area contributed by atoms with Gasteiger partial charge in [-0.05, 0) is 42.5 Å². The lowest BCUT2D eigenvalue weighted by atomic mass is 10.2. The summed E-state index contributed by atoms with van der Waals surface area (Å²) in [6.45, 7) is 0. The monoisotopic (exact) mass is 361 g/mol. The van der Waals surface area contributed by atoms with Gasteiger partial charge in [-0.1, -0.05) is 18.2 Å². The van der Waals surface area contributed by atoms with Crippen molar-refractivity contribution in [1.29, 1.82) is 0 Å². The van der Waals surface area contributed by atoms with Crippen LogP contribution in [0.1, 0.15) is 5.56 Å². The number of hydrogen-bond acceptors (Lipinski definition) is 3. The van der Waals surface area contributed by atoms with Crippen molar-refractivity contribution >= 4 is 29.4 Å². The molecule has 0 unspecified atom stereocenters. The SMILES string of the molecule is CNC(=O)Nc1ccc(NC(=O)/C=C/c2cnn(-c3ccccc3)c2)cc1. The molecule has 0 aliphatic rings. The molecule has 0 atom stereocenters. The molecule has 7 heteroatoms. The first-order valence-electron chi connectivity index (χ1n) is 8.32. The van der Waals surface area contributed by atoms with Gasteiger partial charge < -0.3 is 16.0 Å². The highest BCUT2D eigenvalue weighted by atomic mass is 16.2. The maximum absolute atomic E-state index is 12.1. The number of hydrogen-bond donors (Lipinski definition) is 3. The van der Waals surface area contributed by atoms with Gasteiger partial charge in [0.25, 0.3) is 0 Å². The van der Waals surface area contributed by atoms with Crippen molar-refractivity contribution in [3.05, 3.63) is 78.6 Å². The van der Waals surface area contributed by atoms with E-state index in [9.17, 15) is 9.59 Å². The molecule has 0 aliphatic heterocycles. The molecule has 1 heterocycles. The van der Waals surface area contributed by atoms with E-state index in [2.05, 4.69) is 21.0 Å². The normalized spacial score (nSPS) is 10.6. The summed E-state index contributed by atoms with van der Waals surface area (Å²) in [5, 5.41) is 12.2. The van der Waals surface area contributed by atoms with Crippen molar-refractivity contribution in [2.45, 2.75) is 0 Å². The van der Waals surface area contributed by atoms with Crippen molar-refractivity contribution in [3.63, 3.8) is 0 Å². The van der Waals surface area contributed by atoms with Crippen LogP contribution in [0.4, 0.5) is 16.2 Å². The number of amides is 3. The summed E-state index contributed by atoms with van der Waals surface area (Å²) in [6.07, 6.45) is 6.68. The molecule has 0 radical (unpaired) electrons. The van der Waals surface area contributed by atoms with E-state index in [0.29, 0.717) is 11.4 Å². The second-order valence-corrected chi connectivity index (χ2v) is 5.66. The molecule has 0 bridgehead atoms. The molecule has 3 N–H and O–H groups in total. The van der Waals surface area contributed by atoms with Gasteiger partial charge >= 0.3 is 6.03 Å². The van der Waals surface area contributed by atoms with E-state index in [1.807, 2.05) is 36.5 Å². The van der Waals surface area contributed by atoms with E-state index < -0.39 is 0 Å². The van der Waals surface area contributed by atoms with Crippen molar-refractivity contribution in [2.75, 3.05) is 17.7 Å². The Morgan fingerprint density at radius 3 is 2.30 bits per heavy atom. The third-order valence-electron chi connectivity index (χ3n) is 3.69. The maximum Gasteiger partial charge on any atom is 0.318 e. The average Bonchev–Trinajstić information content (AvgIpc) is 3.17. The minimum absolute atomic E-state index is 0.255. The number of carbonyl (C=O) groups is 2. The highest BCUT2D eigenvalue weighted by Gasteiger charge is 2.02. The Morgan fingerprint density at radius 1 is 0.963 bits per heavy atom. The summed E-state index contributed by atoms with van der Waals surface area (Å²) >= 11 is 0. The molecule has 3 amide bonds. The summed E-state index contributed by atoms with van der Waals surface area (Å²) in [4.78, 5) is 23.3. The third kappa shape index (κ3) is 5.05. The smallest absolute Gasteiger partial charge is 0.318 e. The highest BCUT2D eigenvalue weighted by Crippen LogP contribution is 2.14. The van der Waals surface area contributed by atoms with Crippen LogP contribution in [-0.4, -0.2) is 28.8 Å². The van der Waals surface area contributed by atoms with Gasteiger partial charge in [0.2, 0.25) is 5.91 Å². The molecule has 1 aromatic heterocycles. The number of rotatable bonds is 5. The molecular weight excluding hydrogens is 342 g/mol. The zero-order valence-corrected chi connectivity index (χ0v) is 14.7. The van der Waals surface area contributed by atoms with E-state index in [4.69, 9.17) is 0 Å². The standard InChI is InChI=1S/C20H19N5O2/c1-21-20(27)24-17-10-8-16(9-11-17)23-19(26)12-7-15-13-22-25(14-15)18-5-3-2-4-6-18/h2-14H,1H3,(H,23,26)(H2,21,24,27)/b12-7+. The van der Waals surface area contributed by atoms with Crippen molar-refractivity contribution < 1.29 is 9.59 Å². The second kappa shape index (κ2) is 8.48. The summed E-state index contributed by atoms with van der Waals surface area (Å²) in [5.41, 5.74) is 3.04. The number of aromatic nitrogens is 2. The molecule has 0 aliphatic carbocycles. The van der Waals surface area contributed by atoms with Crippen LogP contribution in [0.5, 0.6) is 0 Å². The molecule has 0 spiro atoms. The molecule has 7 nitrogen and oxygen atoms in total. The van der Waals surface area contributed by atoms with E-state index in [1.165, 1.54) is 6.08 Å². The molecule has 0 fully saturated rings. The summed E-state index contributed by atoms with van der Waals surface area (Å²) in [5.74, 6) is -0.255. The highest BCUT2D eigenvalue weighted by molar-refractivity contribution is 6.02. The number of anilines is 2. The van der Waals surface area contributed by atoms with Crippen molar-refractivity contribution in [2.24, 2.45) is 0 Å². The van der Waals surface area contributed by atoms with Gasteiger partial charge in [-0.3, -0.25) is 4.79 Å². The molecule has 3 aromatic rings. The van der Waals surface area contributed by atoms with Gasteiger partial charge in [0.05, 0.1) is 11.9 Å². The molecular formula is C20H19N5O2. The van der Waals surface area contributed by atoms with Crippen LogP contribution in [0.25, 0.3) is 11.8 Å². The minimum Gasteiger partial charge on any atom is -0.341 e. The molecule has 136 valence electrons. The number of nitrogens with one attached hydrogen (secondary N) is 3. The van der Waals surface area contributed by atoms with E-state index in [1.54, 1.807) is 48.3 Å². The number of urea groups is 1. The number of benzene rings is 2. The Morgan fingerprint density at radius 2 is 1.63 bits per heavy atom. The number of carbonyl (C=O) groups excluding carboxylic acids is 2. The van der Waals surface area contributed by atoms with Crippen molar-refractivity contribution in [3.8, 4) is 5.69 Å². The van der Waals surface area contributed by atoms with Gasteiger partial charge in [-0.25, -0.2) is 9.48 Å². The number of para-hydroxylation sites is 1. The Labute approximate surface area is 156 Å². The topological polar surface area (TPSA) is 88.1 Å². The van der Waals surface area contributed by atoms with Gasteiger partial charge in [0.1, 0.15) is 0 Å². The average molecular weight is 361 g/mol. The molecule has 3 rings (SSSR count). The van der Waals surface area contributed by atoms with Gasteiger partial charge in [0.15, 0.2) is 0 Å². The Kier molecular flexibility index (Phi) is 5.64. The predicted molar refractivity (Wildman–Crippen MR) is 106 cm³/mol. The summed E-state index contributed by atoms with van der Waals surface area (Å²) in [6, 6.07) is 16.3. The first kappa shape index (κ1) is 17.9. The zero-order chi connectivity index (χ0) is 19.1.